The van der Waals surface area contributed by atoms with Crippen molar-refractivity contribution in [2.45, 2.75) is 11.7 Å². The summed E-state index contributed by atoms with van der Waals surface area (Å²) in [4.78, 5) is 30.0. The van der Waals surface area contributed by atoms with Crippen molar-refractivity contribution in [3.8, 4) is 5.69 Å². The van der Waals surface area contributed by atoms with E-state index in [9.17, 15) is 14.0 Å². The molecule has 0 radical (unpaired) electrons. The van der Waals surface area contributed by atoms with Crippen molar-refractivity contribution >= 4 is 62.4 Å². The van der Waals surface area contributed by atoms with Crippen molar-refractivity contribution in [3.05, 3.63) is 85.7 Å². The zero-order chi connectivity index (χ0) is 22.0. The molecule has 0 unspecified atom stereocenters. The number of hydrogen-bond acceptors (Lipinski definition) is 5. The van der Waals surface area contributed by atoms with E-state index in [1.54, 1.807) is 35.7 Å². The molecule has 5 nitrogen and oxygen atoms in total. The van der Waals surface area contributed by atoms with Crippen molar-refractivity contribution in [1.82, 2.24) is 14.9 Å². The molecule has 0 bridgehead atoms. The maximum absolute atomic E-state index is 13.2. The zero-order valence-electron chi connectivity index (χ0n) is 15.8. The van der Waals surface area contributed by atoms with Crippen LogP contribution < -0.4 is 10.9 Å². The van der Waals surface area contributed by atoms with Crippen LogP contribution in [0.15, 0.2) is 63.9 Å². The summed E-state index contributed by atoms with van der Waals surface area (Å²) in [5.41, 5.74) is 1.60. The quantitative estimate of drug-likeness (QED) is 0.292. The van der Waals surface area contributed by atoms with E-state index in [0.29, 0.717) is 31.6 Å². The van der Waals surface area contributed by atoms with Crippen LogP contribution >= 0.6 is 46.3 Å². The first-order valence-corrected chi connectivity index (χ1v) is 11.6. The largest absolute Gasteiger partial charge is 0.351 e. The Hall–Kier alpha value is -2.39. The van der Waals surface area contributed by atoms with Crippen LogP contribution in [-0.4, -0.2) is 21.2 Å². The van der Waals surface area contributed by atoms with E-state index in [1.807, 2.05) is 0 Å². The summed E-state index contributed by atoms with van der Waals surface area (Å²) in [7, 11) is 0. The van der Waals surface area contributed by atoms with E-state index in [-0.39, 0.29) is 28.8 Å². The van der Waals surface area contributed by atoms with Gasteiger partial charge >= 0.3 is 0 Å². The molecule has 31 heavy (non-hydrogen) atoms. The number of thioether (sulfide) groups is 1. The second kappa shape index (κ2) is 9.40. The van der Waals surface area contributed by atoms with E-state index in [0.717, 1.165) is 11.8 Å². The maximum atomic E-state index is 13.2. The summed E-state index contributed by atoms with van der Waals surface area (Å²) < 4.78 is 15.2. The second-order valence-corrected chi connectivity index (χ2v) is 9.15. The molecule has 1 N–H and O–H groups in total. The fraction of sp³-hybridized carbons (Fsp3) is 0.0952. The van der Waals surface area contributed by atoms with Crippen molar-refractivity contribution in [3.63, 3.8) is 0 Å². The molecule has 158 valence electrons. The molecule has 1 amide bonds. The highest BCUT2D eigenvalue weighted by atomic mass is 35.5. The molecular weight excluding hydrogens is 480 g/mol. The van der Waals surface area contributed by atoms with Crippen LogP contribution in [0.1, 0.15) is 5.56 Å². The number of fused-ring (bicyclic) bond motifs is 1. The summed E-state index contributed by atoms with van der Waals surface area (Å²) in [6.45, 7) is 0.166. The van der Waals surface area contributed by atoms with Gasteiger partial charge in [0.2, 0.25) is 5.91 Å². The molecule has 0 spiro atoms. The molecule has 10 heteroatoms. The van der Waals surface area contributed by atoms with Gasteiger partial charge in [-0.3, -0.25) is 14.2 Å². The Morgan fingerprint density at radius 1 is 1.16 bits per heavy atom. The van der Waals surface area contributed by atoms with Crippen molar-refractivity contribution in [1.29, 1.82) is 0 Å². The normalized spacial score (nSPS) is 11.1. The Morgan fingerprint density at radius 2 is 1.94 bits per heavy atom. The highest BCUT2D eigenvalue weighted by Gasteiger charge is 2.16. The fourth-order valence-electron chi connectivity index (χ4n) is 2.85. The van der Waals surface area contributed by atoms with Crippen LogP contribution in [0.25, 0.3) is 15.9 Å². The Labute approximate surface area is 194 Å². The number of thiophene rings is 1. The lowest BCUT2D eigenvalue weighted by molar-refractivity contribution is -0.118. The predicted molar refractivity (Wildman–Crippen MR) is 124 cm³/mol. The lowest BCUT2D eigenvalue weighted by atomic mass is 10.2. The molecule has 0 fully saturated rings. The number of benzene rings is 2. The number of carbonyl (C=O) groups is 1. The third kappa shape index (κ3) is 4.93. The molecule has 0 aliphatic heterocycles. The standard InChI is InChI=1S/C21H14Cl2FN3O2S2/c22-13-2-5-15(6-3-13)27-20(29)19-17(7-8-30-19)26-21(27)31-11-18(28)25-10-12-1-4-14(24)9-16(12)23/h1-9H,10-11H2,(H,25,28). The third-order valence-corrected chi connectivity index (χ3v) is 6.79. The topological polar surface area (TPSA) is 64.0 Å². The number of halogens is 3. The molecule has 2 heterocycles. The summed E-state index contributed by atoms with van der Waals surface area (Å²) in [5, 5.41) is 5.74. The molecule has 0 saturated heterocycles. The van der Waals surface area contributed by atoms with Gasteiger partial charge in [-0.15, -0.1) is 11.3 Å². The monoisotopic (exact) mass is 493 g/mol. The van der Waals surface area contributed by atoms with E-state index in [2.05, 4.69) is 10.3 Å². The SMILES string of the molecule is O=C(CSc1nc2ccsc2c(=O)n1-c1ccc(Cl)cc1)NCc1ccc(F)cc1Cl. The molecule has 2 aromatic heterocycles. The number of aromatic nitrogens is 2. The number of nitrogens with zero attached hydrogens (tertiary/aromatic N) is 2. The maximum Gasteiger partial charge on any atom is 0.276 e. The number of amides is 1. The average Bonchev–Trinajstić information content (AvgIpc) is 3.22. The van der Waals surface area contributed by atoms with Crippen LogP contribution in [0, 0.1) is 5.82 Å². The van der Waals surface area contributed by atoms with Gasteiger partial charge in [0.15, 0.2) is 5.16 Å². The van der Waals surface area contributed by atoms with Gasteiger partial charge in [-0.2, -0.15) is 0 Å². The number of carbonyl (C=O) groups excluding carboxylic acids is 1. The lowest BCUT2D eigenvalue weighted by Gasteiger charge is -2.12. The van der Waals surface area contributed by atoms with Gasteiger partial charge in [-0.25, -0.2) is 9.37 Å². The summed E-state index contributed by atoms with van der Waals surface area (Å²) in [5.74, 6) is -0.674. The van der Waals surface area contributed by atoms with Gasteiger partial charge in [0.1, 0.15) is 10.5 Å². The molecular formula is C21H14Cl2FN3O2S2. The highest BCUT2D eigenvalue weighted by molar-refractivity contribution is 7.99. The Kier molecular flexibility index (Phi) is 6.62. The minimum atomic E-state index is -0.439. The van der Waals surface area contributed by atoms with Gasteiger partial charge in [0.05, 0.1) is 17.0 Å². The van der Waals surface area contributed by atoms with Crippen LogP contribution in [0.2, 0.25) is 10.0 Å². The van der Waals surface area contributed by atoms with Gasteiger partial charge in [0.25, 0.3) is 5.56 Å². The molecule has 0 aliphatic rings. The van der Waals surface area contributed by atoms with Crippen LogP contribution in [0.4, 0.5) is 4.39 Å². The zero-order valence-corrected chi connectivity index (χ0v) is 18.9. The summed E-state index contributed by atoms with van der Waals surface area (Å²) >= 11 is 14.4. The molecule has 2 aromatic carbocycles. The molecule has 0 atom stereocenters. The average molecular weight is 494 g/mol. The van der Waals surface area contributed by atoms with Crippen LogP contribution in [0.5, 0.6) is 0 Å². The fourth-order valence-corrected chi connectivity index (χ4v) is 4.81. The molecule has 4 aromatic rings. The first kappa shape index (κ1) is 21.8. The number of hydrogen-bond donors (Lipinski definition) is 1. The van der Waals surface area contributed by atoms with Gasteiger partial charge in [-0.05, 0) is 53.4 Å². The van der Waals surface area contributed by atoms with Crippen LogP contribution in [-0.2, 0) is 11.3 Å². The molecule has 0 saturated carbocycles. The van der Waals surface area contributed by atoms with E-state index < -0.39 is 5.82 Å². The van der Waals surface area contributed by atoms with Crippen molar-refractivity contribution in [2.24, 2.45) is 0 Å². The smallest absolute Gasteiger partial charge is 0.276 e. The lowest BCUT2D eigenvalue weighted by Crippen LogP contribution is -2.26. The molecule has 0 aliphatic carbocycles. The first-order valence-electron chi connectivity index (χ1n) is 9.02. The van der Waals surface area contributed by atoms with Gasteiger partial charge < -0.3 is 5.32 Å². The summed E-state index contributed by atoms with van der Waals surface area (Å²) in [6.07, 6.45) is 0. The Bertz CT molecular complexity index is 1320. The Balaban J connectivity index is 1.55. The minimum Gasteiger partial charge on any atom is -0.351 e. The van der Waals surface area contributed by atoms with Crippen molar-refractivity contribution < 1.29 is 9.18 Å². The minimum absolute atomic E-state index is 0.0362. The first-order chi connectivity index (χ1) is 14.9. The van der Waals surface area contributed by atoms with Gasteiger partial charge in [-0.1, -0.05) is 41.0 Å². The Morgan fingerprint density at radius 3 is 2.68 bits per heavy atom. The van der Waals surface area contributed by atoms with Crippen LogP contribution in [0.3, 0.4) is 0 Å². The second-order valence-electron chi connectivity index (χ2n) is 6.45. The van der Waals surface area contributed by atoms with Crippen molar-refractivity contribution in [2.75, 3.05) is 5.75 Å². The van der Waals surface area contributed by atoms with Gasteiger partial charge in [0, 0.05) is 16.6 Å². The molecule has 4 rings (SSSR count). The highest BCUT2D eigenvalue weighted by Crippen LogP contribution is 2.24. The van der Waals surface area contributed by atoms with E-state index >= 15 is 0 Å². The summed E-state index contributed by atoms with van der Waals surface area (Å²) in [6, 6.07) is 12.6. The number of rotatable bonds is 6. The van der Waals surface area contributed by atoms with E-state index in [1.165, 1.54) is 34.1 Å². The predicted octanol–water partition coefficient (Wildman–Crippen LogP) is 5.30. The third-order valence-electron chi connectivity index (χ3n) is 4.36. The number of nitrogens with one attached hydrogen (secondary N) is 1. The van der Waals surface area contributed by atoms with E-state index in [4.69, 9.17) is 23.2 Å².